The van der Waals surface area contributed by atoms with Crippen molar-refractivity contribution in [3.63, 3.8) is 0 Å². The van der Waals surface area contributed by atoms with Gasteiger partial charge in [-0.3, -0.25) is 0 Å². The van der Waals surface area contributed by atoms with Gasteiger partial charge >= 0.3 is 0 Å². The summed E-state index contributed by atoms with van der Waals surface area (Å²) < 4.78 is 5.41. The lowest BCUT2D eigenvalue weighted by Gasteiger charge is -2.04. The molecule has 106 valence electrons. The van der Waals surface area contributed by atoms with E-state index in [1.165, 1.54) is 25.7 Å². The Morgan fingerprint density at radius 1 is 1.25 bits per heavy atom. The van der Waals surface area contributed by atoms with Crippen LogP contribution >= 0.6 is 0 Å². The highest BCUT2D eigenvalue weighted by atomic mass is 16.5. The maximum absolute atomic E-state index is 5.60. The molecule has 0 amide bonds. The van der Waals surface area contributed by atoms with E-state index in [1.54, 1.807) is 0 Å². The van der Waals surface area contributed by atoms with Crippen LogP contribution in [0.4, 0.5) is 0 Å². The second-order valence-electron chi connectivity index (χ2n) is 5.64. The molecule has 1 heterocycles. The fraction of sp³-hybridized carbons (Fsp3) is 0.500. The van der Waals surface area contributed by atoms with Crippen molar-refractivity contribution in [3.8, 4) is 11.5 Å². The molecule has 1 aromatic heterocycles. The van der Waals surface area contributed by atoms with Crippen LogP contribution in [0.2, 0.25) is 0 Å². The van der Waals surface area contributed by atoms with Gasteiger partial charge in [-0.15, -0.1) is 0 Å². The molecule has 2 N–H and O–H groups in total. The maximum Gasteiger partial charge on any atom is 0.257 e. The van der Waals surface area contributed by atoms with Crippen LogP contribution in [0.15, 0.2) is 28.8 Å². The van der Waals surface area contributed by atoms with E-state index >= 15 is 0 Å². The highest BCUT2D eigenvalue weighted by Crippen LogP contribution is 2.38. The Labute approximate surface area is 119 Å². The standard InChI is InChI=1S/C16H21N3O/c1-2-11-3-8-14(9-11)15-18-16(20-19-15)13-6-4-12(10-17)5-7-13/h4-7,11,14H,2-3,8-10,17H2,1H3. The van der Waals surface area contributed by atoms with Gasteiger partial charge in [0.25, 0.3) is 5.89 Å². The Morgan fingerprint density at radius 2 is 2.05 bits per heavy atom. The van der Waals surface area contributed by atoms with Crippen LogP contribution in [0.3, 0.4) is 0 Å². The number of hydrogen-bond donors (Lipinski definition) is 1. The van der Waals surface area contributed by atoms with E-state index in [-0.39, 0.29) is 0 Å². The number of nitrogens with two attached hydrogens (primary N) is 1. The van der Waals surface area contributed by atoms with Crippen LogP contribution < -0.4 is 5.73 Å². The fourth-order valence-corrected chi connectivity index (χ4v) is 2.98. The molecule has 4 heteroatoms. The van der Waals surface area contributed by atoms with Crippen LogP contribution in [0.25, 0.3) is 11.5 Å². The van der Waals surface area contributed by atoms with E-state index < -0.39 is 0 Å². The lowest BCUT2D eigenvalue weighted by Crippen LogP contribution is -1.97. The summed E-state index contributed by atoms with van der Waals surface area (Å²) in [4.78, 5) is 4.58. The lowest BCUT2D eigenvalue weighted by atomic mass is 10.0. The Balaban J connectivity index is 1.76. The molecular weight excluding hydrogens is 250 g/mol. The van der Waals surface area contributed by atoms with Crippen LogP contribution in [-0.4, -0.2) is 10.1 Å². The molecule has 1 saturated carbocycles. The van der Waals surface area contributed by atoms with E-state index in [1.807, 2.05) is 24.3 Å². The van der Waals surface area contributed by atoms with Crippen molar-refractivity contribution in [1.29, 1.82) is 0 Å². The first-order chi connectivity index (χ1) is 9.80. The summed E-state index contributed by atoms with van der Waals surface area (Å²) in [6.07, 6.45) is 4.92. The average molecular weight is 271 g/mol. The first-order valence-corrected chi connectivity index (χ1v) is 7.43. The number of aromatic nitrogens is 2. The third kappa shape index (κ3) is 2.61. The molecule has 2 aromatic rings. The predicted molar refractivity (Wildman–Crippen MR) is 78.0 cm³/mol. The molecule has 20 heavy (non-hydrogen) atoms. The lowest BCUT2D eigenvalue weighted by molar-refractivity contribution is 0.413. The number of rotatable bonds is 4. The van der Waals surface area contributed by atoms with Crippen molar-refractivity contribution in [1.82, 2.24) is 10.1 Å². The van der Waals surface area contributed by atoms with Gasteiger partial charge in [0.1, 0.15) is 0 Å². The van der Waals surface area contributed by atoms with Crippen molar-refractivity contribution in [2.24, 2.45) is 11.7 Å². The predicted octanol–water partition coefficient (Wildman–Crippen LogP) is 3.49. The minimum atomic E-state index is 0.473. The first-order valence-electron chi connectivity index (χ1n) is 7.43. The van der Waals surface area contributed by atoms with Crippen LogP contribution in [0, 0.1) is 5.92 Å². The number of nitrogens with zero attached hydrogens (tertiary/aromatic N) is 2. The molecule has 3 rings (SSSR count). The highest BCUT2D eigenvalue weighted by molar-refractivity contribution is 5.53. The van der Waals surface area contributed by atoms with Crippen molar-refractivity contribution in [2.45, 2.75) is 45.1 Å². The molecule has 2 unspecified atom stereocenters. The fourth-order valence-electron chi connectivity index (χ4n) is 2.98. The number of benzene rings is 1. The largest absolute Gasteiger partial charge is 0.334 e. The summed E-state index contributed by atoms with van der Waals surface area (Å²) in [5.41, 5.74) is 7.67. The molecule has 1 fully saturated rings. The van der Waals surface area contributed by atoms with E-state index in [9.17, 15) is 0 Å². The molecule has 1 aromatic carbocycles. The zero-order chi connectivity index (χ0) is 13.9. The third-order valence-electron chi connectivity index (χ3n) is 4.36. The van der Waals surface area contributed by atoms with Crippen molar-refractivity contribution in [2.75, 3.05) is 0 Å². The minimum absolute atomic E-state index is 0.473. The molecule has 0 spiro atoms. The Bertz CT molecular complexity index is 561. The smallest absolute Gasteiger partial charge is 0.257 e. The summed E-state index contributed by atoms with van der Waals surface area (Å²) in [6, 6.07) is 7.98. The zero-order valence-electron chi connectivity index (χ0n) is 11.9. The van der Waals surface area contributed by atoms with Gasteiger partial charge in [-0.2, -0.15) is 4.98 Å². The summed E-state index contributed by atoms with van der Waals surface area (Å²) in [7, 11) is 0. The quantitative estimate of drug-likeness (QED) is 0.924. The molecule has 0 saturated heterocycles. The second-order valence-corrected chi connectivity index (χ2v) is 5.64. The van der Waals surface area contributed by atoms with Gasteiger partial charge in [0.2, 0.25) is 0 Å². The van der Waals surface area contributed by atoms with Gasteiger partial charge in [0, 0.05) is 18.0 Å². The molecular formula is C16H21N3O. The Hall–Kier alpha value is -1.68. The zero-order valence-corrected chi connectivity index (χ0v) is 11.9. The van der Waals surface area contributed by atoms with Crippen molar-refractivity contribution >= 4 is 0 Å². The van der Waals surface area contributed by atoms with Gasteiger partial charge in [-0.1, -0.05) is 30.6 Å². The van der Waals surface area contributed by atoms with Gasteiger partial charge in [-0.25, -0.2) is 0 Å². The Morgan fingerprint density at radius 3 is 2.70 bits per heavy atom. The molecule has 0 radical (unpaired) electrons. The topological polar surface area (TPSA) is 64.9 Å². The van der Waals surface area contributed by atoms with Crippen LogP contribution in [0.1, 0.15) is 49.9 Å². The van der Waals surface area contributed by atoms with Gasteiger partial charge < -0.3 is 10.3 Å². The second kappa shape index (κ2) is 5.75. The SMILES string of the molecule is CCC1CCC(c2noc(-c3ccc(CN)cc3)n2)C1. The van der Waals surface area contributed by atoms with Crippen LogP contribution in [-0.2, 0) is 6.54 Å². The van der Waals surface area contributed by atoms with E-state index in [0.717, 1.165) is 22.9 Å². The highest BCUT2D eigenvalue weighted by Gasteiger charge is 2.28. The molecule has 0 bridgehead atoms. The summed E-state index contributed by atoms with van der Waals surface area (Å²) >= 11 is 0. The monoisotopic (exact) mass is 271 g/mol. The average Bonchev–Trinajstić information content (AvgIpc) is 3.16. The third-order valence-corrected chi connectivity index (χ3v) is 4.36. The molecule has 2 atom stereocenters. The summed E-state index contributed by atoms with van der Waals surface area (Å²) in [5.74, 6) is 2.79. The normalized spacial score (nSPS) is 22.3. The van der Waals surface area contributed by atoms with Gasteiger partial charge in [-0.05, 0) is 42.9 Å². The molecule has 1 aliphatic carbocycles. The molecule has 4 nitrogen and oxygen atoms in total. The van der Waals surface area contributed by atoms with Gasteiger partial charge in [0.05, 0.1) is 0 Å². The van der Waals surface area contributed by atoms with E-state index in [2.05, 4.69) is 17.1 Å². The van der Waals surface area contributed by atoms with Gasteiger partial charge in [0.15, 0.2) is 5.82 Å². The Kier molecular flexibility index (Phi) is 3.83. The first kappa shape index (κ1) is 13.3. The minimum Gasteiger partial charge on any atom is -0.334 e. The van der Waals surface area contributed by atoms with E-state index in [0.29, 0.717) is 18.4 Å². The molecule has 0 aliphatic heterocycles. The summed E-state index contributed by atoms with van der Waals surface area (Å²) in [6.45, 7) is 2.81. The number of hydrogen-bond acceptors (Lipinski definition) is 4. The maximum atomic E-state index is 5.60. The van der Waals surface area contributed by atoms with Crippen molar-refractivity contribution in [3.05, 3.63) is 35.7 Å². The summed E-state index contributed by atoms with van der Waals surface area (Å²) in [5, 5.41) is 4.18. The van der Waals surface area contributed by atoms with Crippen LogP contribution in [0.5, 0.6) is 0 Å². The molecule has 1 aliphatic rings. The van der Waals surface area contributed by atoms with Crippen molar-refractivity contribution < 1.29 is 4.52 Å². The van der Waals surface area contributed by atoms with E-state index in [4.69, 9.17) is 10.3 Å².